The molecule has 0 aliphatic heterocycles. The van der Waals surface area contributed by atoms with E-state index in [1.807, 2.05) is 24.4 Å². The number of rotatable bonds is 4. The van der Waals surface area contributed by atoms with Gasteiger partial charge in [0.05, 0.1) is 5.69 Å². The smallest absolute Gasteiger partial charge is 0.156 e. The average Bonchev–Trinajstić information content (AvgIpc) is 2.88. The Balaban J connectivity index is 2.14. The molecule has 0 amide bonds. The minimum Gasteiger partial charge on any atom is -0.325 e. The predicted molar refractivity (Wildman–Crippen MR) is 86.9 cm³/mol. The number of hydrogen-bond donors (Lipinski definition) is 1. The van der Waals surface area contributed by atoms with Crippen LogP contribution in [0.4, 0.5) is 11.5 Å². The lowest BCUT2D eigenvalue weighted by molar-refractivity contribution is 0.925. The lowest BCUT2D eigenvalue weighted by Gasteiger charge is -2.22. The van der Waals surface area contributed by atoms with Gasteiger partial charge in [-0.05, 0) is 38.1 Å². The van der Waals surface area contributed by atoms with Crippen molar-refractivity contribution in [1.82, 2.24) is 9.38 Å². The van der Waals surface area contributed by atoms with Crippen LogP contribution in [0.15, 0.2) is 48.7 Å². The maximum atomic E-state index is 5.97. The molecule has 0 spiro atoms. The summed E-state index contributed by atoms with van der Waals surface area (Å²) < 4.78 is 2.06. The maximum absolute atomic E-state index is 5.97. The number of benzene rings is 1. The van der Waals surface area contributed by atoms with Crippen LogP contribution in [0.1, 0.15) is 18.2 Å². The van der Waals surface area contributed by atoms with Crippen molar-refractivity contribution in [3.63, 3.8) is 0 Å². The summed E-state index contributed by atoms with van der Waals surface area (Å²) >= 11 is 0. The van der Waals surface area contributed by atoms with Crippen molar-refractivity contribution in [3.05, 3.63) is 59.9 Å². The van der Waals surface area contributed by atoms with Crippen LogP contribution in [0.2, 0.25) is 0 Å². The lowest BCUT2D eigenvalue weighted by Crippen LogP contribution is -2.19. The first kappa shape index (κ1) is 13.6. The number of imidazole rings is 1. The van der Waals surface area contributed by atoms with Crippen molar-refractivity contribution < 1.29 is 0 Å². The molecule has 0 unspecified atom stereocenters. The van der Waals surface area contributed by atoms with Gasteiger partial charge < -0.3 is 15.0 Å². The van der Waals surface area contributed by atoms with E-state index in [1.165, 1.54) is 5.56 Å². The molecular weight excluding hydrogens is 260 g/mol. The average molecular weight is 280 g/mol. The van der Waals surface area contributed by atoms with E-state index in [-0.39, 0.29) is 0 Å². The van der Waals surface area contributed by atoms with E-state index in [4.69, 9.17) is 10.7 Å². The second kappa shape index (κ2) is 5.58. The number of nitrogens with two attached hydrogens (primary N) is 1. The number of hydrogen-bond acceptors (Lipinski definition) is 3. The van der Waals surface area contributed by atoms with Gasteiger partial charge in [0.2, 0.25) is 0 Å². The van der Waals surface area contributed by atoms with Crippen molar-refractivity contribution in [3.8, 4) is 0 Å². The number of anilines is 2. The van der Waals surface area contributed by atoms with Crippen LogP contribution in [0, 0.1) is 6.92 Å². The predicted octanol–water partition coefficient (Wildman–Crippen LogP) is 3.26. The highest BCUT2D eigenvalue weighted by Crippen LogP contribution is 2.28. The fraction of sp³-hybridized carbons (Fsp3) is 0.235. The Labute approximate surface area is 124 Å². The molecular formula is C17H20N4. The second-order valence-electron chi connectivity index (χ2n) is 5.09. The second-order valence-corrected chi connectivity index (χ2v) is 5.09. The molecule has 0 bridgehead atoms. The number of nitrogens with zero attached hydrogens (tertiary/aromatic N) is 3. The SMILES string of the molecule is CCN(c1ccc(C)cc1)c1nc2ccccn2c1CN. The van der Waals surface area contributed by atoms with Crippen molar-refractivity contribution in [2.45, 2.75) is 20.4 Å². The molecule has 0 aliphatic rings. The summed E-state index contributed by atoms with van der Waals surface area (Å²) in [5.41, 5.74) is 10.3. The first-order valence-corrected chi connectivity index (χ1v) is 7.25. The van der Waals surface area contributed by atoms with Gasteiger partial charge in [-0.25, -0.2) is 4.98 Å². The minimum atomic E-state index is 0.461. The molecule has 0 atom stereocenters. The zero-order valence-electron chi connectivity index (χ0n) is 12.5. The van der Waals surface area contributed by atoms with E-state index in [9.17, 15) is 0 Å². The molecule has 108 valence electrons. The Morgan fingerprint density at radius 3 is 2.57 bits per heavy atom. The Hall–Kier alpha value is -2.33. The molecule has 0 saturated carbocycles. The molecule has 4 nitrogen and oxygen atoms in total. The van der Waals surface area contributed by atoms with Crippen LogP contribution in [0.5, 0.6) is 0 Å². The molecule has 3 rings (SSSR count). The summed E-state index contributed by atoms with van der Waals surface area (Å²) in [7, 11) is 0. The summed E-state index contributed by atoms with van der Waals surface area (Å²) in [6, 6.07) is 14.5. The molecule has 3 aromatic rings. The van der Waals surface area contributed by atoms with Crippen molar-refractivity contribution in [1.29, 1.82) is 0 Å². The molecule has 0 radical (unpaired) electrons. The fourth-order valence-electron chi connectivity index (χ4n) is 2.62. The molecule has 4 heteroatoms. The Morgan fingerprint density at radius 1 is 1.14 bits per heavy atom. The van der Waals surface area contributed by atoms with Gasteiger partial charge in [0.25, 0.3) is 0 Å². The van der Waals surface area contributed by atoms with E-state index in [0.29, 0.717) is 6.54 Å². The largest absolute Gasteiger partial charge is 0.325 e. The number of aromatic nitrogens is 2. The molecule has 0 saturated heterocycles. The van der Waals surface area contributed by atoms with Crippen LogP contribution in [0.3, 0.4) is 0 Å². The van der Waals surface area contributed by atoms with E-state index in [1.54, 1.807) is 0 Å². The molecule has 21 heavy (non-hydrogen) atoms. The lowest BCUT2D eigenvalue weighted by atomic mass is 10.2. The van der Waals surface area contributed by atoms with Crippen LogP contribution in [-0.2, 0) is 6.54 Å². The van der Waals surface area contributed by atoms with Gasteiger partial charge in [0.1, 0.15) is 5.65 Å². The van der Waals surface area contributed by atoms with Crippen LogP contribution in [-0.4, -0.2) is 15.9 Å². The van der Waals surface area contributed by atoms with Crippen LogP contribution < -0.4 is 10.6 Å². The summed E-state index contributed by atoms with van der Waals surface area (Å²) in [6.07, 6.45) is 2.01. The Kier molecular flexibility index (Phi) is 3.62. The first-order chi connectivity index (χ1) is 10.2. The van der Waals surface area contributed by atoms with Gasteiger partial charge in [-0.15, -0.1) is 0 Å². The summed E-state index contributed by atoms with van der Waals surface area (Å²) in [5, 5.41) is 0. The van der Waals surface area contributed by atoms with E-state index in [0.717, 1.165) is 29.4 Å². The molecule has 0 aliphatic carbocycles. The van der Waals surface area contributed by atoms with Gasteiger partial charge in [-0.1, -0.05) is 23.8 Å². The van der Waals surface area contributed by atoms with E-state index >= 15 is 0 Å². The Bertz CT molecular complexity index is 743. The Morgan fingerprint density at radius 2 is 1.90 bits per heavy atom. The van der Waals surface area contributed by atoms with Crippen molar-refractivity contribution >= 4 is 17.2 Å². The summed E-state index contributed by atoms with van der Waals surface area (Å²) in [5.74, 6) is 0.940. The van der Waals surface area contributed by atoms with Gasteiger partial charge >= 0.3 is 0 Å². The summed E-state index contributed by atoms with van der Waals surface area (Å²) in [6.45, 7) is 5.53. The van der Waals surface area contributed by atoms with E-state index in [2.05, 4.69) is 47.4 Å². The van der Waals surface area contributed by atoms with Gasteiger partial charge in [-0.2, -0.15) is 0 Å². The van der Waals surface area contributed by atoms with Gasteiger partial charge in [0, 0.05) is 25.0 Å². The first-order valence-electron chi connectivity index (χ1n) is 7.25. The third-order valence-electron chi connectivity index (χ3n) is 3.72. The zero-order valence-corrected chi connectivity index (χ0v) is 12.5. The quantitative estimate of drug-likeness (QED) is 0.798. The van der Waals surface area contributed by atoms with E-state index < -0.39 is 0 Å². The molecule has 2 aromatic heterocycles. The van der Waals surface area contributed by atoms with Gasteiger partial charge in [0.15, 0.2) is 5.82 Å². The standard InChI is InChI=1S/C17H20N4/c1-3-20(14-9-7-13(2)8-10-14)17-15(12-18)21-11-5-4-6-16(21)19-17/h4-11H,3,12,18H2,1-2H3. The van der Waals surface area contributed by atoms with Crippen molar-refractivity contribution in [2.75, 3.05) is 11.4 Å². The maximum Gasteiger partial charge on any atom is 0.156 e. The van der Waals surface area contributed by atoms with Crippen molar-refractivity contribution in [2.24, 2.45) is 5.73 Å². The third-order valence-corrected chi connectivity index (χ3v) is 3.72. The monoisotopic (exact) mass is 280 g/mol. The van der Waals surface area contributed by atoms with Crippen LogP contribution in [0.25, 0.3) is 5.65 Å². The number of fused-ring (bicyclic) bond motifs is 1. The highest BCUT2D eigenvalue weighted by atomic mass is 15.2. The number of pyridine rings is 1. The molecule has 1 aromatic carbocycles. The van der Waals surface area contributed by atoms with Gasteiger partial charge in [-0.3, -0.25) is 0 Å². The zero-order chi connectivity index (χ0) is 14.8. The normalized spacial score (nSPS) is 11.0. The third kappa shape index (κ3) is 2.38. The highest BCUT2D eigenvalue weighted by Gasteiger charge is 2.17. The van der Waals surface area contributed by atoms with Crippen LogP contribution >= 0.6 is 0 Å². The molecule has 2 N–H and O–H groups in total. The topological polar surface area (TPSA) is 46.6 Å². The fourth-order valence-corrected chi connectivity index (χ4v) is 2.62. The highest BCUT2D eigenvalue weighted by molar-refractivity contribution is 5.66. The minimum absolute atomic E-state index is 0.461. The molecule has 2 heterocycles. The summed E-state index contributed by atoms with van der Waals surface area (Å²) in [4.78, 5) is 6.97. The number of aryl methyl sites for hydroxylation is 1. The molecule has 0 fully saturated rings.